The number of nitrogens with two attached hydrogens (primary N) is 1. The number of nitrogens with zero attached hydrogens (tertiary/aromatic N) is 1. The Morgan fingerprint density at radius 3 is 3.00 bits per heavy atom. The Hall–Kier alpha value is -0.910. The number of aryl methyl sites for hydroxylation is 1. The quantitative estimate of drug-likeness (QED) is 0.812. The van der Waals surface area contributed by atoms with E-state index in [9.17, 15) is 4.79 Å². The van der Waals surface area contributed by atoms with Crippen molar-refractivity contribution in [3.8, 4) is 0 Å². The van der Waals surface area contributed by atoms with Gasteiger partial charge < -0.3 is 11.1 Å². The normalized spacial score (nSPS) is 19.1. The molecule has 2 rings (SSSR count). The van der Waals surface area contributed by atoms with Crippen LogP contribution in [0.5, 0.6) is 0 Å². The lowest BCUT2D eigenvalue weighted by Crippen LogP contribution is -2.46. The molecular formula is C17H26BrN3O. The Labute approximate surface area is 141 Å². The molecule has 1 atom stereocenters. The number of piperidine rings is 1. The van der Waals surface area contributed by atoms with Crippen molar-refractivity contribution in [1.29, 1.82) is 0 Å². The molecule has 122 valence electrons. The molecule has 1 fully saturated rings. The average molecular weight is 368 g/mol. The molecule has 0 bridgehead atoms. The van der Waals surface area contributed by atoms with Gasteiger partial charge >= 0.3 is 0 Å². The largest absolute Gasteiger partial charge is 0.354 e. The van der Waals surface area contributed by atoms with Gasteiger partial charge in [0.15, 0.2) is 0 Å². The number of likely N-dealkylation sites (tertiary alicyclic amines) is 1. The van der Waals surface area contributed by atoms with Gasteiger partial charge in [-0.1, -0.05) is 34.5 Å². The summed E-state index contributed by atoms with van der Waals surface area (Å²) >= 11 is 3.61. The van der Waals surface area contributed by atoms with E-state index in [-0.39, 0.29) is 5.91 Å². The Morgan fingerprint density at radius 1 is 1.45 bits per heavy atom. The highest BCUT2D eigenvalue weighted by molar-refractivity contribution is 9.10. The summed E-state index contributed by atoms with van der Waals surface area (Å²) < 4.78 is 1.16. The zero-order chi connectivity index (χ0) is 15.9. The van der Waals surface area contributed by atoms with E-state index in [1.54, 1.807) is 0 Å². The SMILES string of the molecule is Cc1ccc(CN2CCCCC2CNC(=O)CCN)cc1Br. The van der Waals surface area contributed by atoms with Crippen LogP contribution in [0.4, 0.5) is 0 Å². The van der Waals surface area contributed by atoms with Crippen molar-refractivity contribution < 1.29 is 4.79 Å². The smallest absolute Gasteiger partial charge is 0.221 e. The second-order valence-corrected chi connectivity index (χ2v) is 6.90. The van der Waals surface area contributed by atoms with Gasteiger partial charge in [0.05, 0.1) is 0 Å². The van der Waals surface area contributed by atoms with Crippen molar-refractivity contribution in [3.05, 3.63) is 33.8 Å². The lowest BCUT2D eigenvalue weighted by molar-refractivity contribution is -0.121. The van der Waals surface area contributed by atoms with E-state index < -0.39 is 0 Å². The first-order valence-electron chi connectivity index (χ1n) is 8.06. The Morgan fingerprint density at radius 2 is 2.27 bits per heavy atom. The van der Waals surface area contributed by atoms with Crippen LogP contribution in [0, 0.1) is 6.92 Å². The van der Waals surface area contributed by atoms with Crippen LogP contribution in [0.2, 0.25) is 0 Å². The molecule has 22 heavy (non-hydrogen) atoms. The second kappa shape index (κ2) is 8.65. The monoisotopic (exact) mass is 367 g/mol. The minimum atomic E-state index is 0.0612. The minimum Gasteiger partial charge on any atom is -0.354 e. The Kier molecular flexibility index (Phi) is 6.86. The molecule has 3 N–H and O–H groups in total. The maximum atomic E-state index is 11.6. The van der Waals surface area contributed by atoms with Crippen LogP contribution in [0.3, 0.4) is 0 Å². The lowest BCUT2D eigenvalue weighted by Gasteiger charge is -2.36. The van der Waals surface area contributed by atoms with Crippen molar-refractivity contribution in [2.75, 3.05) is 19.6 Å². The van der Waals surface area contributed by atoms with Gasteiger partial charge in [0.25, 0.3) is 0 Å². The van der Waals surface area contributed by atoms with Crippen LogP contribution in [-0.2, 0) is 11.3 Å². The second-order valence-electron chi connectivity index (χ2n) is 6.05. The van der Waals surface area contributed by atoms with Crippen molar-refractivity contribution >= 4 is 21.8 Å². The first-order chi connectivity index (χ1) is 10.6. The van der Waals surface area contributed by atoms with Crippen LogP contribution in [-0.4, -0.2) is 36.5 Å². The Bertz CT molecular complexity index is 507. The first kappa shape index (κ1) is 17.4. The highest BCUT2D eigenvalue weighted by Gasteiger charge is 2.22. The summed E-state index contributed by atoms with van der Waals surface area (Å²) in [5, 5.41) is 3.02. The molecule has 0 radical (unpaired) electrons. The molecule has 1 amide bonds. The van der Waals surface area contributed by atoms with Gasteiger partial charge in [0.1, 0.15) is 0 Å². The highest BCUT2D eigenvalue weighted by atomic mass is 79.9. The van der Waals surface area contributed by atoms with Gasteiger partial charge in [-0.25, -0.2) is 0 Å². The summed E-state index contributed by atoms with van der Waals surface area (Å²) in [7, 11) is 0. The minimum absolute atomic E-state index is 0.0612. The number of benzene rings is 1. The molecule has 1 saturated heterocycles. The third-order valence-electron chi connectivity index (χ3n) is 4.28. The van der Waals surface area contributed by atoms with Gasteiger partial charge in [-0.05, 0) is 43.5 Å². The van der Waals surface area contributed by atoms with Crippen LogP contribution in [0.15, 0.2) is 22.7 Å². The number of carbonyl (C=O) groups excluding carboxylic acids is 1. The zero-order valence-corrected chi connectivity index (χ0v) is 14.9. The topological polar surface area (TPSA) is 58.4 Å². The molecule has 1 heterocycles. The molecule has 0 saturated carbocycles. The summed E-state index contributed by atoms with van der Waals surface area (Å²) in [6, 6.07) is 6.98. The van der Waals surface area contributed by atoms with E-state index in [0.717, 1.165) is 30.5 Å². The summed E-state index contributed by atoms with van der Waals surface area (Å²) in [4.78, 5) is 14.1. The predicted octanol–water partition coefficient (Wildman–Crippen LogP) is 2.58. The molecule has 0 spiro atoms. The number of nitrogens with one attached hydrogen (secondary N) is 1. The lowest BCUT2D eigenvalue weighted by atomic mass is 10.0. The molecule has 1 unspecified atom stereocenters. The molecule has 1 aromatic carbocycles. The van der Waals surface area contributed by atoms with E-state index in [0.29, 0.717) is 19.0 Å². The number of hydrogen-bond donors (Lipinski definition) is 2. The number of amides is 1. The van der Waals surface area contributed by atoms with E-state index in [1.165, 1.54) is 24.0 Å². The van der Waals surface area contributed by atoms with Crippen LogP contribution >= 0.6 is 15.9 Å². The number of carbonyl (C=O) groups is 1. The highest BCUT2D eigenvalue weighted by Crippen LogP contribution is 2.22. The first-order valence-corrected chi connectivity index (χ1v) is 8.85. The molecule has 5 heteroatoms. The number of hydrogen-bond acceptors (Lipinski definition) is 3. The van der Waals surface area contributed by atoms with Crippen LogP contribution in [0.1, 0.15) is 36.8 Å². The average Bonchev–Trinajstić information content (AvgIpc) is 2.50. The van der Waals surface area contributed by atoms with Gasteiger partial charge in [0, 0.05) is 36.6 Å². The van der Waals surface area contributed by atoms with Gasteiger partial charge in [-0.3, -0.25) is 9.69 Å². The van der Waals surface area contributed by atoms with Gasteiger partial charge in [-0.15, -0.1) is 0 Å². The summed E-state index contributed by atoms with van der Waals surface area (Å²) in [6.45, 7) is 5.28. The molecular weight excluding hydrogens is 342 g/mol. The molecule has 0 aliphatic carbocycles. The maximum absolute atomic E-state index is 11.6. The van der Waals surface area contributed by atoms with E-state index in [2.05, 4.69) is 51.3 Å². The fourth-order valence-electron chi connectivity index (χ4n) is 2.92. The Balaban J connectivity index is 1.94. The maximum Gasteiger partial charge on any atom is 0.221 e. The van der Waals surface area contributed by atoms with Crippen LogP contribution < -0.4 is 11.1 Å². The third kappa shape index (κ3) is 5.07. The predicted molar refractivity (Wildman–Crippen MR) is 93.6 cm³/mol. The van der Waals surface area contributed by atoms with Crippen molar-refractivity contribution in [3.63, 3.8) is 0 Å². The van der Waals surface area contributed by atoms with Crippen molar-refractivity contribution in [2.45, 2.75) is 45.2 Å². The van der Waals surface area contributed by atoms with Gasteiger partial charge in [0.2, 0.25) is 5.91 Å². The standard InChI is InChI=1S/C17H26BrN3O/c1-13-5-6-14(10-16(13)18)12-21-9-3-2-4-15(21)11-20-17(22)7-8-19/h5-6,10,15H,2-4,7-9,11-12,19H2,1H3,(H,20,22). The molecule has 1 aliphatic heterocycles. The molecule has 4 nitrogen and oxygen atoms in total. The zero-order valence-electron chi connectivity index (χ0n) is 13.3. The van der Waals surface area contributed by atoms with E-state index >= 15 is 0 Å². The van der Waals surface area contributed by atoms with E-state index in [1.807, 2.05) is 0 Å². The number of rotatable bonds is 6. The summed E-state index contributed by atoms with van der Waals surface area (Å²) in [6.07, 6.45) is 4.04. The summed E-state index contributed by atoms with van der Waals surface area (Å²) in [5.74, 6) is 0.0612. The molecule has 1 aromatic rings. The summed E-state index contributed by atoms with van der Waals surface area (Å²) in [5.41, 5.74) is 7.99. The number of halogens is 1. The molecule has 1 aliphatic rings. The fraction of sp³-hybridized carbons (Fsp3) is 0.588. The fourth-order valence-corrected chi connectivity index (χ4v) is 3.35. The third-order valence-corrected chi connectivity index (χ3v) is 5.13. The van der Waals surface area contributed by atoms with Gasteiger partial charge in [-0.2, -0.15) is 0 Å². The molecule has 0 aromatic heterocycles. The van der Waals surface area contributed by atoms with Crippen LogP contribution in [0.25, 0.3) is 0 Å². The van der Waals surface area contributed by atoms with E-state index in [4.69, 9.17) is 5.73 Å². The van der Waals surface area contributed by atoms with Crippen molar-refractivity contribution in [1.82, 2.24) is 10.2 Å². The van der Waals surface area contributed by atoms with Crippen molar-refractivity contribution in [2.24, 2.45) is 5.73 Å².